The molecule has 0 aromatic heterocycles. The van der Waals surface area contributed by atoms with Gasteiger partial charge < -0.3 is 5.11 Å². The topological polar surface area (TPSA) is 40.5 Å². The number of hydrogen-bond acceptors (Lipinski definition) is 2. The largest absolute Gasteiger partial charge is 0.480 e. The molecule has 1 atom stereocenters. The molecular weight excluding hydrogens is 142 g/mol. The Balaban J connectivity index is 2.57. The number of nitrogens with zero attached hydrogens (tertiary/aromatic N) is 1. The molecule has 1 aliphatic rings. The van der Waals surface area contributed by atoms with Gasteiger partial charge in [0.2, 0.25) is 0 Å². The molecule has 0 aromatic rings. The highest BCUT2D eigenvalue weighted by molar-refractivity contribution is 5.74. The van der Waals surface area contributed by atoms with E-state index in [1.54, 1.807) is 0 Å². The van der Waals surface area contributed by atoms with Crippen molar-refractivity contribution in [2.45, 2.75) is 38.8 Å². The summed E-state index contributed by atoms with van der Waals surface area (Å²) >= 11 is 0. The zero-order valence-electron chi connectivity index (χ0n) is 7.29. The molecule has 0 radical (unpaired) electrons. The Labute approximate surface area is 67.0 Å². The maximum atomic E-state index is 10.6. The van der Waals surface area contributed by atoms with Gasteiger partial charge in [0.05, 0.1) is 0 Å². The molecule has 3 nitrogen and oxygen atoms in total. The van der Waals surface area contributed by atoms with E-state index in [1.807, 2.05) is 25.7 Å². The van der Waals surface area contributed by atoms with Gasteiger partial charge in [-0.25, -0.2) is 0 Å². The van der Waals surface area contributed by atoms with Crippen molar-refractivity contribution in [3.05, 3.63) is 0 Å². The van der Waals surface area contributed by atoms with E-state index < -0.39 is 5.97 Å². The number of carboxylic acid groups (broad SMARTS) is 1. The fraction of sp³-hybridized carbons (Fsp3) is 0.875. The van der Waals surface area contributed by atoms with E-state index in [0.717, 1.165) is 13.0 Å². The molecule has 1 aliphatic heterocycles. The Bertz CT molecular complexity index is 171. The van der Waals surface area contributed by atoms with E-state index >= 15 is 0 Å². The molecule has 0 amide bonds. The van der Waals surface area contributed by atoms with Crippen LogP contribution in [-0.2, 0) is 4.79 Å². The zero-order valence-corrected chi connectivity index (χ0v) is 7.29. The van der Waals surface area contributed by atoms with Gasteiger partial charge in [-0.3, -0.25) is 9.69 Å². The van der Waals surface area contributed by atoms with Gasteiger partial charge in [0.25, 0.3) is 0 Å². The summed E-state index contributed by atoms with van der Waals surface area (Å²) in [5, 5.41) is 8.73. The van der Waals surface area contributed by atoms with Crippen LogP contribution in [0.25, 0.3) is 0 Å². The molecule has 0 unspecified atom stereocenters. The molecule has 0 bridgehead atoms. The third-order valence-electron chi connectivity index (χ3n) is 2.17. The van der Waals surface area contributed by atoms with Crippen LogP contribution >= 0.6 is 0 Å². The van der Waals surface area contributed by atoms with Crippen LogP contribution in [0.15, 0.2) is 0 Å². The molecule has 1 N–H and O–H groups in total. The maximum absolute atomic E-state index is 10.6. The summed E-state index contributed by atoms with van der Waals surface area (Å²) in [6, 6.07) is -0.241. The van der Waals surface area contributed by atoms with Gasteiger partial charge in [-0.15, -0.1) is 0 Å². The van der Waals surface area contributed by atoms with Crippen LogP contribution < -0.4 is 0 Å². The minimum Gasteiger partial charge on any atom is -0.480 e. The average Bonchev–Trinajstić information content (AvgIpc) is 1.51. The van der Waals surface area contributed by atoms with Crippen LogP contribution in [0, 0.1) is 0 Å². The van der Waals surface area contributed by atoms with E-state index in [-0.39, 0.29) is 11.6 Å². The smallest absolute Gasteiger partial charge is 0.320 e. The zero-order chi connectivity index (χ0) is 8.65. The molecular formula is C8H15NO2. The Kier molecular flexibility index (Phi) is 1.92. The number of hydrogen-bond donors (Lipinski definition) is 1. The first-order valence-corrected chi connectivity index (χ1v) is 3.92. The summed E-state index contributed by atoms with van der Waals surface area (Å²) in [6.45, 7) is 7.05. The van der Waals surface area contributed by atoms with Crippen LogP contribution in [0.3, 0.4) is 0 Å². The standard InChI is InChI=1S/C8H15NO2/c1-8(2,3)9-5-4-6(9)7(10)11/h6H,4-5H2,1-3H3,(H,10,11)/t6-/m0/s1. The molecule has 0 aromatic carbocycles. The second-order valence-electron chi connectivity index (χ2n) is 4.01. The van der Waals surface area contributed by atoms with E-state index in [9.17, 15) is 4.79 Å². The van der Waals surface area contributed by atoms with Crippen molar-refractivity contribution >= 4 is 5.97 Å². The van der Waals surface area contributed by atoms with E-state index in [2.05, 4.69) is 0 Å². The minimum atomic E-state index is -0.689. The van der Waals surface area contributed by atoms with Crippen molar-refractivity contribution in [1.82, 2.24) is 4.90 Å². The van der Waals surface area contributed by atoms with Crippen LogP contribution in [0.4, 0.5) is 0 Å². The van der Waals surface area contributed by atoms with Gasteiger partial charge in [-0.05, 0) is 27.2 Å². The maximum Gasteiger partial charge on any atom is 0.320 e. The SMILES string of the molecule is CC(C)(C)N1CC[C@H]1C(=O)O. The number of rotatable bonds is 1. The molecule has 0 aliphatic carbocycles. The van der Waals surface area contributed by atoms with Crippen LogP contribution in [-0.4, -0.2) is 34.1 Å². The molecule has 3 heteroatoms. The van der Waals surface area contributed by atoms with Crippen molar-refractivity contribution in [2.24, 2.45) is 0 Å². The van der Waals surface area contributed by atoms with E-state index in [4.69, 9.17) is 5.11 Å². The molecule has 1 saturated heterocycles. The van der Waals surface area contributed by atoms with Gasteiger partial charge in [-0.2, -0.15) is 0 Å². The highest BCUT2D eigenvalue weighted by Crippen LogP contribution is 2.27. The fourth-order valence-corrected chi connectivity index (χ4v) is 1.45. The van der Waals surface area contributed by atoms with Crippen molar-refractivity contribution in [2.75, 3.05) is 6.54 Å². The summed E-state index contributed by atoms with van der Waals surface area (Å²) in [5.74, 6) is -0.689. The quantitative estimate of drug-likeness (QED) is 0.616. The highest BCUT2D eigenvalue weighted by atomic mass is 16.4. The Hall–Kier alpha value is -0.570. The third kappa shape index (κ3) is 1.53. The first kappa shape index (κ1) is 8.53. The van der Waals surface area contributed by atoms with Gasteiger partial charge >= 0.3 is 5.97 Å². The van der Waals surface area contributed by atoms with E-state index in [1.165, 1.54) is 0 Å². The molecule has 0 saturated carbocycles. The Morgan fingerprint density at radius 1 is 1.55 bits per heavy atom. The molecule has 64 valence electrons. The lowest BCUT2D eigenvalue weighted by Crippen LogP contribution is -2.60. The monoisotopic (exact) mass is 157 g/mol. The lowest BCUT2D eigenvalue weighted by Gasteiger charge is -2.47. The second kappa shape index (κ2) is 2.48. The van der Waals surface area contributed by atoms with Gasteiger partial charge in [0, 0.05) is 12.1 Å². The fourth-order valence-electron chi connectivity index (χ4n) is 1.45. The lowest BCUT2D eigenvalue weighted by atomic mass is 9.93. The minimum absolute atomic E-state index is 0.00130. The van der Waals surface area contributed by atoms with Crippen LogP contribution in [0.5, 0.6) is 0 Å². The van der Waals surface area contributed by atoms with Gasteiger partial charge in [-0.1, -0.05) is 0 Å². The molecule has 1 fully saturated rings. The number of aliphatic carboxylic acids is 1. The molecule has 0 spiro atoms. The number of likely N-dealkylation sites (tertiary alicyclic amines) is 1. The third-order valence-corrected chi connectivity index (χ3v) is 2.17. The summed E-state index contributed by atoms with van der Waals surface area (Å²) in [5.41, 5.74) is 0.00130. The van der Waals surface area contributed by atoms with Crippen molar-refractivity contribution in [3.8, 4) is 0 Å². The highest BCUT2D eigenvalue weighted by Gasteiger charge is 2.40. The average molecular weight is 157 g/mol. The number of carbonyl (C=O) groups is 1. The van der Waals surface area contributed by atoms with Crippen LogP contribution in [0.2, 0.25) is 0 Å². The Morgan fingerprint density at radius 3 is 2.18 bits per heavy atom. The van der Waals surface area contributed by atoms with Crippen molar-refractivity contribution in [1.29, 1.82) is 0 Å². The number of carboxylic acids is 1. The normalized spacial score (nSPS) is 26.3. The second-order valence-corrected chi connectivity index (χ2v) is 4.01. The molecule has 11 heavy (non-hydrogen) atoms. The Morgan fingerprint density at radius 2 is 2.09 bits per heavy atom. The summed E-state index contributed by atoms with van der Waals surface area (Å²) in [4.78, 5) is 12.6. The first-order chi connectivity index (χ1) is 4.93. The molecule has 1 rings (SSSR count). The van der Waals surface area contributed by atoms with Crippen molar-refractivity contribution in [3.63, 3.8) is 0 Å². The summed E-state index contributed by atoms with van der Waals surface area (Å²) in [7, 11) is 0. The summed E-state index contributed by atoms with van der Waals surface area (Å²) in [6.07, 6.45) is 0.798. The predicted octanol–water partition coefficient (Wildman–Crippen LogP) is 0.944. The first-order valence-electron chi connectivity index (χ1n) is 3.92. The lowest BCUT2D eigenvalue weighted by molar-refractivity contribution is -0.152. The van der Waals surface area contributed by atoms with E-state index in [0.29, 0.717) is 0 Å². The summed E-state index contributed by atoms with van der Waals surface area (Å²) < 4.78 is 0. The van der Waals surface area contributed by atoms with Crippen molar-refractivity contribution < 1.29 is 9.90 Å². The predicted molar refractivity (Wildman–Crippen MR) is 42.5 cm³/mol. The van der Waals surface area contributed by atoms with Crippen LogP contribution in [0.1, 0.15) is 27.2 Å². The van der Waals surface area contributed by atoms with Gasteiger partial charge in [0.1, 0.15) is 6.04 Å². The van der Waals surface area contributed by atoms with Gasteiger partial charge in [0.15, 0.2) is 0 Å². The molecule has 1 heterocycles.